The minimum Gasteiger partial charge on any atom is -0.465 e. The summed E-state index contributed by atoms with van der Waals surface area (Å²) in [6.07, 6.45) is 1.33. The minimum atomic E-state index is -0.704. The Morgan fingerprint density at radius 3 is 2.89 bits per heavy atom. The molecule has 0 N–H and O–H groups in total. The summed E-state index contributed by atoms with van der Waals surface area (Å²) >= 11 is 5.40. The third kappa shape index (κ3) is 3.14. The average Bonchev–Trinajstić information content (AvgIpc) is 1.87. The van der Waals surface area contributed by atoms with Gasteiger partial charge in [0, 0.05) is 0 Å². The summed E-state index contributed by atoms with van der Waals surface area (Å²) < 4.78 is 4.55. The van der Waals surface area contributed by atoms with Crippen molar-refractivity contribution in [3.05, 3.63) is 12.7 Å². The molecule has 0 aromatic rings. The first-order chi connectivity index (χ1) is 4.22. The third-order valence-corrected chi connectivity index (χ3v) is 1.08. The van der Waals surface area contributed by atoms with E-state index in [1.54, 1.807) is 6.92 Å². The Labute approximate surface area is 59.5 Å². The summed E-state index contributed by atoms with van der Waals surface area (Å²) in [5, 5.41) is -0.704. The largest absolute Gasteiger partial charge is 0.465 e. The van der Waals surface area contributed by atoms with E-state index in [2.05, 4.69) is 11.3 Å². The lowest BCUT2D eigenvalue weighted by molar-refractivity contribution is -0.141. The van der Waals surface area contributed by atoms with Crippen molar-refractivity contribution in [2.24, 2.45) is 0 Å². The van der Waals surface area contributed by atoms with E-state index in [-0.39, 0.29) is 0 Å². The zero-order valence-electron chi connectivity index (χ0n) is 5.26. The smallest absolute Gasteiger partial charge is 0.327 e. The van der Waals surface area contributed by atoms with Crippen molar-refractivity contribution in [1.29, 1.82) is 0 Å². The Morgan fingerprint density at radius 1 is 2.00 bits per heavy atom. The number of carbonyl (C=O) groups is 1. The van der Waals surface area contributed by atoms with E-state index in [4.69, 9.17) is 11.6 Å². The first kappa shape index (κ1) is 8.50. The van der Waals surface area contributed by atoms with Crippen LogP contribution in [0.5, 0.6) is 0 Å². The Kier molecular flexibility index (Phi) is 4.14. The van der Waals surface area contributed by atoms with Crippen LogP contribution >= 0.6 is 11.6 Å². The van der Waals surface area contributed by atoms with Crippen LogP contribution in [0.4, 0.5) is 0 Å². The molecule has 0 aliphatic rings. The highest BCUT2D eigenvalue weighted by Crippen LogP contribution is 1.98. The summed E-state index contributed by atoms with van der Waals surface area (Å²) in [4.78, 5) is 10.5. The molecule has 3 heteroatoms. The molecular weight excluding hydrogens is 140 g/mol. The first-order valence-electron chi connectivity index (χ1n) is 2.65. The van der Waals surface area contributed by atoms with Gasteiger partial charge in [0.1, 0.15) is 5.38 Å². The maximum absolute atomic E-state index is 10.5. The molecule has 0 aliphatic carbocycles. The van der Waals surface area contributed by atoms with Crippen LogP contribution in [-0.4, -0.2) is 18.0 Å². The topological polar surface area (TPSA) is 26.3 Å². The Hall–Kier alpha value is -0.500. The Bertz CT molecular complexity index is 112. The minimum absolute atomic E-state index is 0.357. The van der Waals surface area contributed by atoms with Gasteiger partial charge in [-0.3, -0.25) is 4.79 Å². The fourth-order valence-electron chi connectivity index (χ4n) is 0.318. The molecule has 0 saturated heterocycles. The highest BCUT2D eigenvalue weighted by Gasteiger charge is 2.10. The van der Waals surface area contributed by atoms with E-state index in [0.717, 1.165) is 0 Å². The molecule has 0 amide bonds. The zero-order chi connectivity index (χ0) is 7.28. The predicted molar refractivity (Wildman–Crippen MR) is 36.5 cm³/mol. The zero-order valence-corrected chi connectivity index (χ0v) is 6.02. The van der Waals surface area contributed by atoms with Gasteiger partial charge in [-0.1, -0.05) is 6.08 Å². The van der Waals surface area contributed by atoms with Crippen LogP contribution in [0.1, 0.15) is 6.92 Å². The number of hydrogen-bond donors (Lipinski definition) is 0. The first-order valence-corrected chi connectivity index (χ1v) is 3.09. The molecular formula is C6H9ClO2. The molecule has 52 valence electrons. The SMILES string of the molecule is C=CC(Cl)C(=O)OCC. The van der Waals surface area contributed by atoms with Crippen LogP contribution in [0.3, 0.4) is 0 Å². The number of ether oxygens (including phenoxy) is 1. The molecule has 1 unspecified atom stereocenters. The summed E-state index contributed by atoms with van der Waals surface area (Å²) in [7, 11) is 0. The number of hydrogen-bond acceptors (Lipinski definition) is 2. The second kappa shape index (κ2) is 4.39. The maximum Gasteiger partial charge on any atom is 0.327 e. The molecule has 0 radical (unpaired) electrons. The highest BCUT2D eigenvalue weighted by atomic mass is 35.5. The molecule has 9 heavy (non-hydrogen) atoms. The van der Waals surface area contributed by atoms with Crippen LogP contribution in [-0.2, 0) is 9.53 Å². The lowest BCUT2D eigenvalue weighted by Gasteiger charge is -2.01. The van der Waals surface area contributed by atoms with Crippen molar-refractivity contribution in [1.82, 2.24) is 0 Å². The number of halogens is 1. The van der Waals surface area contributed by atoms with Crippen LogP contribution in [0.15, 0.2) is 12.7 Å². The van der Waals surface area contributed by atoms with Crippen LogP contribution < -0.4 is 0 Å². The van der Waals surface area contributed by atoms with Crippen molar-refractivity contribution < 1.29 is 9.53 Å². The predicted octanol–water partition coefficient (Wildman–Crippen LogP) is 1.34. The fourth-order valence-corrected chi connectivity index (χ4v) is 0.381. The maximum atomic E-state index is 10.5. The second-order valence-electron chi connectivity index (χ2n) is 1.39. The van der Waals surface area contributed by atoms with E-state index in [9.17, 15) is 4.79 Å². The van der Waals surface area contributed by atoms with Crippen LogP contribution in [0.2, 0.25) is 0 Å². The summed E-state index contributed by atoms with van der Waals surface area (Å²) in [6.45, 7) is 5.41. The van der Waals surface area contributed by atoms with Gasteiger partial charge in [-0.05, 0) is 6.92 Å². The number of alkyl halides is 1. The monoisotopic (exact) mass is 148 g/mol. The van der Waals surface area contributed by atoms with Gasteiger partial charge in [0.25, 0.3) is 0 Å². The Morgan fingerprint density at radius 2 is 2.56 bits per heavy atom. The molecule has 0 spiro atoms. The van der Waals surface area contributed by atoms with Gasteiger partial charge >= 0.3 is 5.97 Å². The number of rotatable bonds is 3. The van der Waals surface area contributed by atoms with Gasteiger partial charge in [0.15, 0.2) is 0 Å². The van der Waals surface area contributed by atoms with E-state index >= 15 is 0 Å². The molecule has 0 aromatic carbocycles. The summed E-state index contributed by atoms with van der Waals surface area (Å²) in [5.74, 6) is -0.436. The third-order valence-electron chi connectivity index (χ3n) is 0.719. The molecule has 1 atom stereocenters. The van der Waals surface area contributed by atoms with Crippen molar-refractivity contribution in [2.45, 2.75) is 12.3 Å². The van der Waals surface area contributed by atoms with E-state index in [1.165, 1.54) is 6.08 Å². The molecule has 0 fully saturated rings. The molecule has 0 bridgehead atoms. The molecule has 0 rings (SSSR count). The number of esters is 1. The van der Waals surface area contributed by atoms with E-state index in [0.29, 0.717) is 6.61 Å². The summed E-state index contributed by atoms with van der Waals surface area (Å²) in [6, 6.07) is 0. The van der Waals surface area contributed by atoms with Crippen LogP contribution in [0.25, 0.3) is 0 Å². The normalized spacial score (nSPS) is 12.2. The van der Waals surface area contributed by atoms with Gasteiger partial charge in [0.05, 0.1) is 6.61 Å². The van der Waals surface area contributed by atoms with Gasteiger partial charge in [-0.25, -0.2) is 0 Å². The van der Waals surface area contributed by atoms with Crippen molar-refractivity contribution in [3.63, 3.8) is 0 Å². The van der Waals surface area contributed by atoms with E-state index in [1.807, 2.05) is 0 Å². The molecule has 0 aliphatic heterocycles. The highest BCUT2D eigenvalue weighted by molar-refractivity contribution is 6.31. The lowest BCUT2D eigenvalue weighted by atomic mass is 10.4. The molecule has 0 saturated carbocycles. The number of carbonyl (C=O) groups excluding carboxylic acids is 1. The molecule has 2 nitrogen and oxygen atoms in total. The van der Waals surface area contributed by atoms with E-state index < -0.39 is 11.3 Å². The van der Waals surface area contributed by atoms with Gasteiger partial charge in [0.2, 0.25) is 0 Å². The van der Waals surface area contributed by atoms with Crippen LogP contribution in [0, 0.1) is 0 Å². The van der Waals surface area contributed by atoms with Crippen molar-refractivity contribution >= 4 is 17.6 Å². The molecule has 0 heterocycles. The standard InChI is InChI=1S/C6H9ClO2/c1-3-5(7)6(8)9-4-2/h3,5H,1,4H2,2H3. The van der Waals surface area contributed by atoms with Crippen molar-refractivity contribution in [2.75, 3.05) is 6.61 Å². The fraction of sp³-hybridized carbons (Fsp3) is 0.500. The van der Waals surface area contributed by atoms with Crippen molar-refractivity contribution in [3.8, 4) is 0 Å². The molecule has 0 aromatic heterocycles. The lowest BCUT2D eigenvalue weighted by Crippen LogP contribution is -2.14. The van der Waals surface area contributed by atoms with Gasteiger partial charge in [-0.15, -0.1) is 18.2 Å². The Balaban J connectivity index is 3.58. The quantitative estimate of drug-likeness (QED) is 0.343. The van der Waals surface area contributed by atoms with Gasteiger partial charge < -0.3 is 4.74 Å². The second-order valence-corrected chi connectivity index (χ2v) is 1.86. The average molecular weight is 149 g/mol. The van der Waals surface area contributed by atoms with Gasteiger partial charge in [-0.2, -0.15) is 0 Å². The summed E-state index contributed by atoms with van der Waals surface area (Å²) in [5.41, 5.74) is 0.